The van der Waals surface area contributed by atoms with Gasteiger partial charge in [0.25, 0.3) is 0 Å². The minimum Gasteiger partial charge on any atom is -0.504 e. The minimum absolute atomic E-state index is 0.0681. The van der Waals surface area contributed by atoms with E-state index >= 15 is 0 Å². The first-order chi connectivity index (χ1) is 16.3. The van der Waals surface area contributed by atoms with E-state index in [9.17, 15) is 20.1 Å². The van der Waals surface area contributed by atoms with E-state index in [2.05, 4.69) is 9.97 Å². The number of nitrogens with one attached hydrogen (secondary N) is 1. The number of phenolic OH excluding ortho intramolecular Hbond substituents is 2. The lowest BCUT2D eigenvalue weighted by Gasteiger charge is -2.10. The van der Waals surface area contributed by atoms with E-state index in [1.54, 1.807) is 31.2 Å². The molecule has 0 bridgehead atoms. The van der Waals surface area contributed by atoms with Gasteiger partial charge in [0.15, 0.2) is 28.8 Å². The first-order valence-electron chi connectivity index (χ1n) is 10.0. The fraction of sp³-hybridized carbons (Fsp3) is 0.167. The fourth-order valence-electron chi connectivity index (χ4n) is 3.51. The van der Waals surface area contributed by atoms with E-state index in [-0.39, 0.29) is 46.0 Å². The summed E-state index contributed by atoms with van der Waals surface area (Å²) in [5.74, 6) is 0.171. The molecule has 10 heteroatoms. The molecule has 4 aromatic rings. The Balaban J connectivity index is 2.01. The molecule has 2 aromatic heterocycles. The molecule has 34 heavy (non-hydrogen) atoms. The number of rotatable bonds is 6. The third kappa shape index (κ3) is 3.85. The lowest BCUT2D eigenvalue weighted by molar-refractivity contribution is 0.340. The van der Waals surface area contributed by atoms with Crippen molar-refractivity contribution in [2.75, 3.05) is 21.3 Å². The molecule has 0 amide bonds. The lowest BCUT2D eigenvalue weighted by atomic mass is 10.1. The molecule has 4 N–H and O–H groups in total. The summed E-state index contributed by atoms with van der Waals surface area (Å²) in [6.07, 6.45) is 0. The van der Waals surface area contributed by atoms with Crippen molar-refractivity contribution >= 4 is 0 Å². The van der Waals surface area contributed by atoms with Crippen LogP contribution in [0.4, 0.5) is 0 Å². The van der Waals surface area contributed by atoms with E-state index in [1.807, 2.05) is 0 Å². The molecule has 0 atom stereocenters. The molecule has 0 saturated carbocycles. The molecule has 10 nitrogen and oxygen atoms in total. The number of H-pyrrole nitrogens is 1. The average molecular weight is 466 g/mol. The van der Waals surface area contributed by atoms with Crippen LogP contribution in [0, 0.1) is 6.92 Å². The van der Waals surface area contributed by atoms with Gasteiger partial charge in [0.1, 0.15) is 23.0 Å². The van der Waals surface area contributed by atoms with Gasteiger partial charge in [-0.05, 0) is 37.3 Å². The maximum absolute atomic E-state index is 12.2. The Kier molecular flexibility index (Phi) is 5.80. The number of aryl methyl sites for hydroxylation is 1. The molecule has 176 valence electrons. The van der Waals surface area contributed by atoms with Crippen molar-refractivity contribution in [1.29, 1.82) is 0 Å². The van der Waals surface area contributed by atoms with E-state index in [0.717, 1.165) is 0 Å². The highest BCUT2D eigenvalue weighted by atomic mass is 16.5. The highest BCUT2D eigenvalue weighted by molar-refractivity contribution is 5.82. The van der Waals surface area contributed by atoms with Crippen molar-refractivity contribution in [3.8, 4) is 68.6 Å². The highest BCUT2D eigenvalue weighted by Gasteiger charge is 2.24. The summed E-state index contributed by atoms with van der Waals surface area (Å²) in [5.41, 5.74) is 0.903. The van der Waals surface area contributed by atoms with Crippen LogP contribution in [0.1, 0.15) is 5.76 Å². The van der Waals surface area contributed by atoms with Crippen molar-refractivity contribution in [1.82, 2.24) is 9.97 Å². The molecule has 0 saturated heterocycles. The predicted octanol–water partition coefficient (Wildman–Crippen LogP) is 3.81. The number of imidazole rings is 1. The number of hydrogen-bond donors (Lipinski definition) is 4. The Hall–Kier alpha value is -4.60. The van der Waals surface area contributed by atoms with Crippen LogP contribution in [0.15, 0.2) is 45.6 Å². The van der Waals surface area contributed by atoms with Crippen molar-refractivity contribution in [3.05, 3.63) is 52.4 Å². The van der Waals surface area contributed by atoms with Crippen LogP contribution >= 0.6 is 0 Å². The van der Waals surface area contributed by atoms with Crippen LogP contribution in [0.3, 0.4) is 0 Å². The van der Waals surface area contributed by atoms with Crippen LogP contribution < -0.4 is 19.6 Å². The number of ether oxygens (including phenoxy) is 3. The summed E-state index contributed by atoms with van der Waals surface area (Å²) < 4.78 is 21.4. The monoisotopic (exact) mass is 466 g/mol. The van der Waals surface area contributed by atoms with Crippen LogP contribution in [0.5, 0.6) is 34.5 Å². The zero-order valence-corrected chi connectivity index (χ0v) is 18.8. The number of aromatic nitrogens is 2. The summed E-state index contributed by atoms with van der Waals surface area (Å²) in [5, 5.41) is 30.7. The van der Waals surface area contributed by atoms with Crippen LogP contribution in [0.25, 0.3) is 34.1 Å². The van der Waals surface area contributed by atoms with Gasteiger partial charge in [-0.3, -0.25) is 4.79 Å². The van der Waals surface area contributed by atoms with Gasteiger partial charge in [-0.1, -0.05) is 0 Å². The Morgan fingerprint density at radius 2 is 1.47 bits per heavy atom. The van der Waals surface area contributed by atoms with E-state index < -0.39 is 11.2 Å². The number of aromatic hydroxyl groups is 3. The topological polar surface area (TPSA) is 147 Å². The number of methoxy groups -OCH3 is 3. The van der Waals surface area contributed by atoms with Crippen molar-refractivity contribution in [3.63, 3.8) is 0 Å². The van der Waals surface area contributed by atoms with Gasteiger partial charge in [-0.25, -0.2) is 4.98 Å². The summed E-state index contributed by atoms with van der Waals surface area (Å²) in [4.78, 5) is 20.0. The molecule has 0 aliphatic carbocycles. The van der Waals surface area contributed by atoms with Gasteiger partial charge in [0.05, 0.1) is 21.3 Å². The number of hydrogen-bond acceptors (Lipinski definition) is 9. The quantitative estimate of drug-likeness (QED) is 0.333. The Morgan fingerprint density at radius 3 is 2.09 bits per heavy atom. The number of nitrogens with zero attached hydrogens (tertiary/aromatic N) is 1. The van der Waals surface area contributed by atoms with E-state index in [1.165, 1.54) is 33.5 Å². The zero-order chi connectivity index (χ0) is 24.6. The SMILES string of the molecule is COc1cc(-c2nc(-c3cc(OC)c(O)c(OC)c3)[nH]c2-c2oc(C)cc(=O)c2O)ccc1O. The standard InChI is InChI=1S/C24H22N2O8/c1-11-7-15(28)21(29)23(34-11)20-19(12-5-6-14(27)16(8-12)31-2)25-24(26-20)13-9-17(32-3)22(30)18(10-13)33-4/h5-10,27,29-30H,1-4H3,(H,25,26). The number of phenols is 2. The molecule has 0 fully saturated rings. The Bertz CT molecular complexity index is 1410. The molecule has 0 unspecified atom stereocenters. The van der Waals surface area contributed by atoms with Crippen LogP contribution in [0.2, 0.25) is 0 Å². The van der Waals surface area contributed by atoms with Gasteiger partial charge in [0.2, 0.25) is 16.9 Å². The molecule has 0 aliphatic heterocycles. The number of benzene rings is 2. The predicted molar refractivity (Wildman–Crippen MR) is 123 cm³/mol. The average Bonchev–Trinajstić information content (AvgIpc) is 3.27. The van der Waals surface area contributed by atoms with Crippen molar-refractivity contribution in [2.45, 2.75) is 6.92 Å². The number of aromatic amines is 1. The first kappa shape index (κ1) is 22.6. The molecule has 0 spiro atoms. The molecule has 4 rings (SSSR count). The van der Waals surface area contributed by atoms with Crippen LogP contribution in [-0.2, 0) is 0 Å². The van der Waals surface area contributed by atoms with Gasteiger partial charge in [-0.15, -0.1) is 0 Å². The highest BCUT2D eigenvalue weighted by Crippen LogP contribution is 2.43. The normalized spacial score (nSPS) is 10.8. The van der Waals surface area contributed by atoms with Gasteiger partial charge >= 0.3 is 0 Å². The third-order valence-corrected chi connectivity index (χ3v) is 5.18. The molecular weight excluding hydrogens is 444 g/mol. The summed E-state index contributed by atoms with van der Waals surface area (Å²) >= 11 is 0. The lowest BCUT2D eigenvalue weighted by Crippen LogP contribution is -2.01. The maximum atomic E-state index is 12.2. The first-order valence-corrected chi connectivity index (χ1v) is 10.0. The second-order valence-electron chi connectivity index (χ2n) is 7.32. The Morgan fingerprint density at radius 1 is 0.853 bits per heavy atom. The second-order valence-corrected chi connectivity index (χ2v) is 7.32. The molecule has 0 radical (unpaired) electrons. The summed E-state index contributed by atoms with van der Waals surface area (Å²) in [6, 6.07) is 8.87. The summed E-state index contributed by atoms with van der Waals surface area (Å²) in [6.45, 7) is 1.58. The van der Waals surface area contributed by atoms with Crippen LogP contribution in [-0.4, -0.2) is 46.6 Å². The molecule has 2 aromatic carbocycles. The summed E-state index contributed by atoms with van der Waals surface area (Å²) in [7, 11) is 4.22. The molecule has 0 aliphatic rings. The third-order valence-electron chi connectivity index (χ3n) is 5.18. The van der Waals surface area contributed by atoms with Crippen molar-refractivity contribution in [2.24, 2.45) is 0 Å². The largest absolute Gasteiger partial charge is 0.504 e. The van der Waals surface area contributed by atoms with Crippen molar-refractivity contribution < 1.29 is 33.9 Å². The molecular formula is C24H22N2O8. The van der Waals surface area contributed by atoms with Gasteiger partial charge in [-0.2, -0.15) is 0 Å². The Labute approximate surface area is 193 Å². The smallest absolute Gasteiger partial charge is 0.227 e. The van der Waals surface area contributed by atoms with E-state index in [0.29, 0.717) is 22.6 Å². The fourth-order valence-corrected chi connectivity index (χ4v) is 3.51. The van der Waals surface area contributed by atoms with Gasteiger partial charge in [0, 0.05) is 17.2 Å². The maximum Gasteiger partial charge on any atom is 0.227 e. The van der Waals surface area contributed by atoms with Gasteiger partial charge < -0.3 is 38.9 Å². The van der Waals surface area contributed by atoms with E-state index in [4.69, 9.17) is 18.6 Å². The second kappa shape index (κ2) is 8.74. The molecule has 2 heterocycles. The minimum atomic E-state index is -0.614. The zero-order valence-electron chi connectivity index (χ0n) is 18.8.